The second kappa shape index (κ2) is 6.14. The maximum atomic E-state index is 12.1. The van der Waals surface area contributed by atoms with Crippen LogP contribution in [0.15, 0.2) is 36.7 Å². The fraction of sp³-hybridized carbons (Fsp3) is 0.267. The SMILES string of the molecule is Cc1cccc(C)c1NC(=O)CN(C)c1ncccn1. The van der Waals surface area contributed by atoms with Gasteiger partial charge in [0.05, 0.1) is 6.54 Å². The molecule has 0 atom stereocenters. The second-order valence-corrected chi connectivity index (χ2v) is 4.72. The Morgan fingerprint density at radius 2 is 1.75 bits per heavy atom. The summed E-state index contributed by atoms with van der Waals surface area (Å²) < 4.78 is 0. The molecule has 20 heavy (non-hydrogen) atoms. The molecule has 1 aromatic heterocycles. The van der Waals surface area contributed by atoms with Crippen molar-refractivity contribution >= 4 is 17.5 Å². The van der Waals surface area contributed by atoms with Crippen LogP contribution >= 0.6 is 0 Å². The molecule has 2 rings (SSSR count). The quantitative estimate of drug-likeness (QED) is 0.925. The Labute approximate surface area is 118 Å². The van der Waals surface area contributed by atoms with Gasteiger partial charge in [-0.3, -0.25) is 4.79 Å². The molecule has 0 bridgehead atoms. The zero-order valence-corrected chi connectivity index (χ0v) is 11.9. The molecule has 0 saturated carbocycles. The molecule has 2 aromatic rings. The fourth-order valence-electron chi connectivity index (χ4n) is 1.97. The van der Waals surface area contributed by atoms with Gasteiger partial charge in [0.15, 0.2) is 0 Å². The van der Waals surface area contributed by atoms with Crippen molar-refractivity contribution < 1.29 is 4.79 Å². The van der Waals surface area contributed by atoms with Crippen molar-refractivity contribution in [1.29, 1.82) is 0 Å². The third kappa shape index (κ3) is 3.32. The van der Waals surface area contributed by atoms with Crippen LogP contribution in [-0.2, 0) is 4.79 Å². The number of nitrogens with zero attached hydrogens (tertiary/aromatic N) is 3. The highest BCUT2D eigenvalue weighted by Crippen LogP contribution is 2.19. The van der Waals surface area contributed by atoms with E-state index >= 15 is 0 Å². The number of aryl methyl sites for hydroxylation is 2. The average Bonchev–Trinajstić information content (AvgIpc) is 2.44. The van der Waals surface area contributed by atoms with Crippen LogP contribution < -0.4 is 10.2 Å². The first-order valence-corrected chi connectivity index (χ1v) is 6.42. The Kier molecular flexibility index (Phi) is 4.30. The first kappa shape index (κ1) is 14.0. The van der Waals surface area contributed by atoms with Gasteiger partial charge >= 0.3 is 0 Å². The lowest BCUT2D eigenvalue weighted by atomic mass is 10.1. The van der Waals surface area contributed by atoms with E-state index in [4.69, 9.17) is 0 Å². The molecule has 0 saturated heterocycles. The monoisotopic (exact) mass is 270 g/mol. The van der Waals surface area contributed by atoms with E-state index in [1.54, 1.807) is 30.4 Å². The highest BCUT2D eigenvalue weighted by molar-refractivity contribution is 5.95. The van der Waals surface area contributed by atoms with Gasteiger partial charge in [-0.05, 0) is 31.0 Å². The summed E-state index contributed by atoms with van der Waals surface area (Å²) >= 11 is 0. The van der Waals surface area contributed by atoms with Gasteiger partial charge < -0.3 is 10.2 Å². The summed E-state index contributed by atoms with van der Waals surface area (Å²) in [6.07, 6.45) is 3.31. The van der Waals surface area contributed by atoms with Crippen molar-refractivity contribution in [2.45, 2.75) is 13.8 Å². The molecule has 0 spiro atoms. The molecule has 104 valence electrons. The Morgan fingerprint density at radius 1 is 1.15 bits per heavy atom. The molecule has 0 aliphatic carbocycles. The number of benzene rings is 1. The number of rotatable bonds is 4. The molecule has 0 radical (unpaired) electrons. The van der Waals surface area contributed by atoms with Gasteiger partial charge in [0, 0.05) is 25.1 Å². The van der Waals surface area contributed by atoms with Crippen LogP contribution in [0.25, 0.3) is 0 Å². The first-order valence-electron chi connectivity index (χ1n) is 6.42. The number of hydrogen-bond acceptors (Lipinski definition) is 4. The number of carbonyl (C=O) groups is 1. The van der Waals surface area contributed by atoms with Crippen LogP contribution in [-0.4, -0.2) is 29.5 Å². The highest BCUT2D eigenvalue weighted by atomic mass is 16.2. The predicted octanol–water partition coefficient (Wildman–Crippen LogP) is 2.17. The van der Waals surface area contributed by atoms with Crippen LogP contribution in [0.4, 0.5) is 11.6 Å². The van der Waals surface area contributed by atoms with E-state index in [0.29, 0.717) is 5.95 Å². The largest absolute Gasteiger partial charge is 0.335 e. The number of anilines is 2. The minimum atomic E-state index is -0.0858. The van der Waals surface area contributed by atoms with E-state index in [2.05, 4.69) is 15.3 Å². The van der Waals surface area contributed by atoms with Gasteiger partial charge in [-0.15, -0.1) is 0 Å². The van der Waals surface area contributed by atoms with E-state index in [0.717, 1.165) is 16.8 Å². The summed E-state index contributed by atoms with van der Waals surface area (Å²) in [5, 5.41) is 2.94. The molecule has 0 unspecified atom stereocenters. The first-order chi connectivity index (χ1) is 9.58. The number of likely N-dealkylation sites (N-methyl/N-ethyl adjacent to an activating group) is 1. The topological polar surface area (TPSA) is 58.1 Å². The van der Waals surface area contributed by atoms with Crippen LogP contribution in [0.3, 0.4) is 0 Å². The molecule has 1 amide bonds. The van der Waals surface area contributed by atoms with Crippen molar-refractivity contribution in [3.8, 4) is 0 Å². The summed E-state index contributed by atoms with van der Waals surface area (Å²) in [6, 6.07) is 7.68. The minimum Gasteiger partial charge on any atom is -0.335 e. The third-order valence-corrected chi connectivity index (χ3v) is 3.02. The van der Waals surface area contributed by atoms with E-state index in [1.165, 1.54) is 0 Å². The predicted molar refractivity (Wildman–Crippen MR) is 79.8 cm³/mol. The van der Waals surface area contributed by atoms with Gasteiger partial charge in [0.1, 0.15) is 0 Å². The molecular formula is C15H18N4O. The molecular weight excluding hydrogens is 252 g/mol. The second-order valence-electron chi connectivity index (χ2n) is 4.72. The van der Waals surface area contributed by atoms with Crippen molar-refractivity contribution in [1.82, 2.24) is 9.97 Å². The van der Waals surface area contributed by atoms with Gasteiger partial charge in [0.2, 0.25) is 11.9 Å². The molecule has 1 N–H and O–H groups in total. The molecule has 0 aliphatic heterocycles. The number of carbonyl (C=O) groups excluding carboxylic acids is 1. The average molecular weight is 270 g/mol. The summed E-state index contributed by atoms with van der Waals surface area (Å²) in [6.45, 7) is 4.16. The summed E-state index contributed by atoms with van der Waals surface area (Å²) in [5.74, 6) is 0.446. The molecule has 5 heteroatoms. The molecule has 1 aromatic carbocycles. The van der Waals surface area contributed by atoms with E-state index in [9.17, 15) is 4.79 Å². The molecule has 0 aliphatic rings. The number of aromatic nitrogens is 2. The van der Waals surface area contributed by atoms with Crippen LogP contribution in [0, 0.1) is 13.8 Å². The standard InChI is InChI=1S/C15H18N4O/c1-11-6-4-7-12(2)14(11)18-13(20)10-19(3)15-16-8-5-9-17-15/h4-9H,10H2,1-3H3,(H,18,20). The number of amides is 1. The molecule has 1 heterocycles. The van der Waals surface area contributed by atoms with Crippen LogP contribution in [0.1, 0.15) is 11.1 Å². The number of para-hydroxylation sites is 1. The van der Waals surface area contributed by atoms with Crippen LogP contribution in [0.5, 0.6) is 0 Å². The Bertz CT molecular complexity index is 578. The lowest BCUT2D eigenvalue weighted by Gasteiger charge is -2.17. The summed E-state index contributed by atoms with van der Waals surface area (Å²) in [5.41, 5.74) is 2.98. The number of hydrogen-bond donors (Lipinski definition) is 1. The Hall–Kier alpha value is -2.43. The Balaban J connectivity index is 2.03. The van der Waals surface area contributed by atoms with Gasteiger partial charge in [-0.1, -0.05) is 18.2 Å². The highest BCUT2D eigenvalue weighted by Gasteiger charge is 2.11. The van der Waals surface area contributed by atoms with Gasteiger partial charge in [0.25, 0.3) is 0 Å². The minimum absolute atomic E-state index is 0.0858. The zero-order valence-electron chi connectivity index (χ0n) is 11.9. The van der Waals surface area contributed by atoms with Crippen molar-refractivity contribution in [3.05, 3.63) is 47.8 Å². The fourth-order valence-corrected chi connectivity index (χ4v) is 1.97. The van der Waals surface area contributed by atoms with Gasteiger partial charge in [-0.25, -0.2) is 9.97 Å². The van der Waals surface area contributed by atoms with Crippen molar-refractivity contribution in [3.63, 3.8) is 0 Å². The number of nitrogens with one attached hydrogen (secondary N) is 1. The lowest BCUT2D eigenvalue weighted by molar-refractivity contribution is -0.114. The Morgan fingerprint density at radius 3 is 2.35 bits per heavy atom. The third-order valence-electron chi connectivity index (χ3n) is 3.02. The summed E-state index contributed by atoms with van der Waals surface area (Å²) in [7, 11) is 1.79. The maximum absolute atomic E-state index is 12.1. The van der Waals surface area contributed by atoms with E-state index < -0.39 is 0 Å². The maximum Gasteiger partial charge on any atom is 0.244 e. The van der Waals surface area contributed by atoms with Crippen LogP contribution in [0.2, 0.25) is 0 Å². The summed E-state index contributed by atoms with van der Waals surface area (Å²) in [4.78, 5) is 22.0. The van der Waals surface area contributed by atoms with Gasteiger partial charge in [-0.2, -0.15) is 0 Å². The van der Waals surface area contributed by atoms with E-state index in [1.807, 2.05) is 32.0 Å². The lowest BCUT2D eigenvalue weighted by Crippen LogP contribution is -2.31. The van der Waals surface area contributed by atoms with Crippen molar-refractivity contribution in [2.24, 2.45) is 0 Å². The zero-order chi connectivity index (χ0) is 14.5. The van der Waals surface area contributed by atoms with E-state index in [-0.39, 0.29) is 12.5 Å². The normalized spacial score (nSPS) is 10.2. The molecule has 5 nitrogen and oxygen atoms in total. The smallest absolute Gasteiger partial charge is 0.244 e. The molecule has 0 fully saturated rings. The van der Waals surface area contributed by atoms with Crippen molar-refractivity contribution in [2.75, 3.05) is 23.8 Å².